The zero-order chi connectivity index (χ0) is 10.0. The van der Waals surface area contributed by atoms with Crippen LogP contribution < -0.4 is 0 Å². The first-order chi connectivity index (χ1) is 6.06. The van der Waals surface area contributed by atoms with E-state index in [0.717, 1.165) is 0 Å². The summed E-state index contributed by atoms with van der Waals surface area (Å²) in [6.07, 6.45) is -2.20. The summed E-state index contributed by atoms with van der Waals surface area (Å²) in [5, 5.41) is -0.189. The first kappa shape index (κ1) is 10.8. The van der Waals surface area contributed by atoms with Gasteiger partial charge in [0.1, 0.15) is 10.8 Å². The van der Waals surface area contributed by atoms with E-state index in [9.17, 15) is 13.6 Å². The van der Waals surface area contributed by atoms with E-state index >= 15 is 0 Å². The number of rotatable bonds is 2. The molecule has 13 heavy (non-hydrogen) atoms. The third-order valence-corrected chi connectivity index (χ3v) is 2.48. The molecule has 2 nitrogen and oxygen atoms in total. The number of pyridine rings is 1. The van der Waals surface area contributed by atoms with Crippen molar-refractivity contribution in [2.45, 2.75) is 6.43 Å². The minimum atomic E-state index is -2.68. The van der Waals surface area contributed by atoms with Crippen molar-refractivity contribution < 1.29 is 13.6 Å². The standard InChI is InChI=1S/C7H3ClF2INO/c8-6-3(2-13)1-4(11)5(12-6)7(9)10/h1-2,7H. The molecule has 0 spiro atoms. The molecule has 0 saturated heterocycles. The fraction of sp³-hybridized carbons (Fsp3) is 0.143. The van der Waals surface area contributed by atoms with Crippen molar-refractivity contribution in [1.82, 2.24) is 4.98 Å². The number of carbonyl (C=O) groups is 1. The number of hydrogen-bond donors (Lipinski definition) is 0. The van der Waals surface area contributed by atoms with E-state index in [2.05, 4.69) is 4.98 Å². The van der Waals surface area contributed by atoms with Crippen LogP contribution in [0.1, 0.15) is 22.5 Å². The molecule has 0 bridgehead atoms. The summed E-state index contributed by atoms with van der Waals surface area (Å²) in [6, 6.07) is 1.28. The van der Waals surface area contributed by atoms with Gasteiger partial charge in [0.05, 0.1) is 5.56 Å². The minimum Gasteiger partial charge on any atom is -0.298 e. The Kier molecular flexibility index (Phi) is 3.55. The third kappa shape index (κ3) is 2.34. The molecule has 0 saturated carbocycles. The van der Waals surface area contributed by atoms with Crippen molar-refractivity contribution in [2.24, 2.45) is 0 Å². The Bertz CT molecular complexity index is 346. The molecule has 0 aliphatic rings. The van der Waals surface area contributed by atoms with Gasteiger partial charge in [-0.05, 0) is 28.7 Å². The van der Waals surface area contributed by atoms with Gasteiger partial charge in [0.25, 0.3) is 6.43 Å². The number of alkyl halides is 2. The van der Waals surface area contributed by atoms with Gasteiger partial charge in [-0.3, -0.25) is 4.79 Å². The monoisotopic (exact) mass is 317 g/mol. The first-order valence-electron chi connectivity index (χ1n) is 3.15. The van der Waals surface area contributed by atoms with E-state index in [4.69, 9.17) is 11.6 Å². The molecule has 1 rings (SSSR count). The predicted molar refractivity (Wildman–Crippen MR) is 52.3 cm³/mol. The van der Waals surface area contributed by atoms with E-state index in [1.165, 1.54) is 6.07 Å². The zero-order valence-corrected chi connectivity index (χ0v) is 9.01. The average Bonchev–Trinajstić information content (AvgIpc) is 2.07. The van der Waals surface area contributed by atoms with Crippen LogP contribution in [-0.4, -0.2) is 11.3 Å². The summed E-state index contributed by atoms with van der Waals surface area (Å²) in [5.41, 5.74) is -0.272. The summed E-state index contributed by atoms with van der Waals surface area (Å²) in [6.45, 7) is 0. The van der Waals surface area contributed by atoms with E-state index in [-0.39, 0.29) is 14.3 Å². The van der Waals surface area contributed by atoms with Crippen LogP contribution in [0.25, 0.3) is 0 Å². The molecule has 1 aromatic heterocycles. The highest BCUT2D eigenvalue weighted by atomic mass is 127. The molecule has 70 valence electrons. The SMILES string of the molecule is O=Cc1cc(I)c(C(F)F)nc1Cl. The number of carbonyl (C=O) groups excluding carboxylic acids is 1. The van der Waals surface area contributed by atoms with Gasteiger partial charge in [0, 0.05) is 3.57 Å². The molecule has 0 aromatic carbocycles. The molecule has 0 N–H and O–H groups in total. The second-order valence-corrected chi connectivity index (χ2v) is 3.67. The molecule has 1 heterocycles. The van der Waals surface area contributed by atoms with Crippen LogP contribution in [-0.2, 0) is 0 Å². The number of hydrogen-bond acceptors (Lipinski definition) is 2. The Morgan fingerprint density at radius 2 is 2.23 bits per heavy atom. The lowest BCUT2D eigenvalue weighted by molar-refractivity contribution is 0.112. The Labute approximate surface area is 91.4 Å². The fourth-order valence-electron chi connectivity index (χ4n) is 0.729. The Hall–Kier alpha value is -0.300. The average molecular weight is 317 g/mol. The molecule has 0 unspecified atom stereocenters. The Balaban J connectivity index is 3.28. The van der Waals surface area contributed by atoms with Crippen molar-refractivity contribution in [2.75, 3.05) is 0 Å². The van der Waals surface area contributed by atoms with Crippen LogP contribution in [0.4, 0.5) is 8.78 Å². The summed E-state index contributed by atoms with van der Waals surface area (Å²) < 4.78 is 24.7. The quantitative estimate of drug-likeness (QED) is 0.477. The third-order valence-electron chi connectivity index (χ3n) is 1.32. The van der Waals surface area contributed by atoms with Crippen molar-refractivity contribution >= 4 is 40.5 Å². The van der Waals surface area contributed by atoms with Crippen LogP contribution in [0.2, 0.25) is 5.15 Å². The molecule has 0 atom stereocenters. The summed E-state index contributed by atoms with van der Waals surface area (Å²) in [4.78, 5) is 13.8. The van der Waals surface area contributed by atoms with Gasteiger partial charge in [0.2, 0.25) is 0 Å². The van der Waals surface area contributed by atoms with Crippen LogP contribution in [0, 0.1) is 3.57 Å². The zero-order valence-electron chi connectivity index (χ0n) is 6.10. The predicted octanol–water partition coefficient (Wildman–Crippen LogP) is 3.09. The molecule has 0 radical (unpaired) electrons. The molecule has 0 aliphatic carbocycles. The molecule has 1 aromatic rings. The normalized spacial score (nSPS) is 10.5. The van der Waals surface area contributed by atoms with Crippen LogP contribution in [0.15, 0.2) is 6.07 Å². The Morgan fingerprint density at radius 1 is 1.62 bits per heavy atom. The molecule has 0 amide bonds. The van der Waals surface area contributed by atoms with E-state index in [1.54, 1.807) is 22.6 Å². The van der Waals surface area contributed by atoms with Gasteiger partial charge >= 0.3 is 0 Å². The number of halogens is 4. The summed E-state index contributed by atoms with van der Waals surface area (Å²) in [7, 11) is 0. The van der Waals surface area contributed by atoms with Crippen molar-refractivity contribution in [3.8, 4) is 0 Å². The Morgan fingerprint density at radius 3 is 2.69 bits per heavy atom. The van der Waals surface area contributed by atoms with E-state index in [0.29, 0.717) is 6.29 Å². The molecule has 0 aliphatic heterocycles. The van der Waals surface area contributed by atoms with Crippen LogP contribution in [0.5, 0.6) is 0 Å². The fourth-order valence-corrected chi connectivity index (χ4v) is 1.61. The topological polar surface area (TPSA) is 30.0 Å². The maximum Gasteiger partial charge on any atom is 0.281 e. The lowest BCUT2D eigenvalue weighted by Crippen LogP contribution is -1.98. The van der Waals surface area contributed by atoms with E-state index < -0.39 is 12.1 Å². The van der Waals surface area contributed by atoms with Crippen LogP contribution in [0.3, 0.4) is 0 Å². The second kappa shape index (κ2) is 4.28. The van der Waals surface area contributed by atoms with Crippen molar-refractivity contribution in [3.05, 3.63) is 26.0 Å². The van der Waals surface area contributed by atoms with Gasteiger partial charge in [0.15, 0.2) is 6.29 Å². The summed E-state index contributed by atoms with van der Waals surface area (Å²) in [5.74, 6) is 0. The largest absolute Gasteiger partial charge is 0.298 e. The lowest BCUT2D eigenvalue weighted by atomic mass is 10.3. The highest BCUT2D eigenvalue weighted by molar-refractivity contribution is 14.1. The van der Waals surface area contributed by atoms with Crippen LogP contribution >= 0.6 is 34.2 Å². The van der Waals surface area contributed by atoms with Crippen molar-refractivity contribution in [3.63, 3.8) is 0 Å². The van der Waals surface area contributed by atoms with Gasteiger partial charge in [-0.15, -0.1) is 0 Å². The van der Waals surface area contributed by atoms with Gasteiger partial charge in [-0.1, -0.05) is 11.6 Å². The van der Waals surface area contributed by atoms with Gasteiger partial charge < -0.3 is 0 Å². The summed E-state index contributed by atoms with van der Waals surface area (Å²) >= 11 is 7.15. The smallest absolute Gasteiger partial charge is 0.281 e. The number of nitrogens with zero attached hydrogens (tertiary/aromatic N) is 1. The molecule has 0 fully saturated rings. The highest BCUT2D eigenvalue weighted by Crippen LogP contribution is 2.25. The minimum absolute atomic E-state index is 0.121. The molecular formula is C7H3ClF2INO. The molecular weight excluding hydrogens is 314 g/mol. The van der Waals surface area contributed by atoms with Crippen molar-refractivity contribution in [1.29, 1.82) is 0 Å². The maximum absolute atomic E-state index is 12.2. The molecule has 6 heteroatoms. The maximum atomic E-state index is 12.2. The van der Waals surface area contributed by atoms with Gasteiger partial charge in [-0.25, -0.2) is 13.8 Å². The number of aromatic nitrogens is 1. The second-order valence-electron chi connectivity index (χ2n) is 2.15. The number of aldehydes is 1. The highest BCUT2D eigenvalue weighted by Gasteiger charge is 2.16. The first-order valence-corrected chi connectivity index (χ1v) is 4.61. The van der Waals surface area contributed by atoms with Gasteiger partial charge in [-0.2, -0.15) is 0 Å². The lowest BCUT2D eigenvalue weighted by Gasteiger charge is -2.03. The van der Waals surface area contributed by atoms with E-state index in [1.807, 2.05) is 0 Å².